The Hall–Kier alpha value is -2.72. The first-order chi connectivity index (χ1) is 16.6. The molecule has 0 radical (unpaired) electrons. The second-order valence-electron chi connectivity index (χ2n) is 7.43. The Morgan fingerprint density at radius 1 is 1.09 bits per heavy atom. The second-order valence-corrected chi connectivity index (χ2v) is 10.2. The van der Waals surface area contributed by atoms with Gasteiger partial charge >= 0.3 is 5.97 Å². The van der Waals surface area contributed by atoms with E-state index in [1.54, 1.807) is 19.1 Å². The minimum atomic E-state index is -0.642. The van der Waals surface area contributed by atoms with Crippen LogP contribution in [-0.2, 0) is 11.2 Å². The molecule has 1 fully saturated rings. The zero-order valence-electron chi connectivity index (χ0n) is 19.3. The maximum atomic E-state index is 13.1. The van der Waals surface area contributed by atoms with E-state index in [4.69, 9.17) is 23.7 Å². The van der Waals surface area contributed by atoms with E-state index >= 15 is 0 Å². The van der Waals surface area contributed by atoms with Crippen LogP contribution in [0.1, 0.15) is 43.3 Å². The highest BCUT2D eigenvalue weighted by Crippen LogP contribution is 2.49. The molecule has 182 valence electrons. The lowest BCUT2D eigenvalue weighted by molar-refractivity contribution is 0.0518. The number of benzene rings is 2. The van der Waals surface area contributed by atoms with E-state index in [0.29, 0.717) is 23.3 Å². The molecule has 2 aromatic carbocycles. The van der Waals surface area contributed by atoms with Gasteiger partial charge in [-0.15, -0.1) is 23.5 Å². The van der Waals surface area contributed by atoms with E-state index in [1.807, 2.05) is 29.6 Å². The molecule has 1 N–H and O–H groups in total. The van der Waals surface area contributed by atoms with Crippen LogP contribution < -0.4 is 24.3 Å². The number of carbonyl (C=O) groups excluding carboxylic acids is 2. The highest BCUT2D eigenvalue weighted by molar-refractivity contribution is 8.19. The van der Waals surface area contributed by atoms with Crippen LogP contribution in [0.5, 0.6) is 23.0 Å². The molecule has 0 spiro atoms. The van der Waals surface area contributed by atoms with Gasteiger partial charge in [-0.05, 0) is 48.7 Å². The number of esters is 1. The fourth-order valence-corrected chi connectivity index (χ4v) is 6.86. The molecule has 0 aromatic heterocycles. The second kappa shape index (κ2) is 11.1. The molecule has 2 aliphatic heterocycles. The van der Waals surface area contributed by atoms with Crippen molar-refractivity contribution in [3.8, 4) is 23.0 Å². The first kappa shape index (κ1) is 24.4. The number of methoxy groups -OCH3 is 2. The Labute approximate surface area is 207 Å². The summed E-state index contributed by atoms with van der Waals surface area (Å²) >= 11 is 3.82. The number of hydrogen-bond donors (Lipinski definition) is 1. The molecule has 2 aliphatic rings. The number of rotatable bonds is 9. The van der Waals surface area contributed by atoms with E-state index in [1.165, 1.54) is 19.8 Å². The summed E-state index contributed by atoms with van der Waals surface area (Å²) in [7, 11) is 2.89. The normalized spacial score (nSPS) is 14.7. The molecule has 2 aromatic rings. The number of amides is 1. The summed E-state index contributed by atoms with van der Waals surface area (Å²) in [6, 6.07) is 7.20. The van der Waals surface area contributed by atoms with Crippen LogP contribution >= 0.6 is 23.5 Å². The van der Waals surface area contributed by atoms with Gasteiger partial charge in [0.2, 0.25) is 6.79 Å². The molecule has 34 heavy (non-hydrogen) atoms. The largest absolute Gasteiger partial charge is 0.493 e. The van der Waals surface area contributed by atoms with E-state index < -0.39 is 11.9 Å². The third-order valence-electron chi connectivity index (χ3n) is 5.46. The van der Waals surface area contributed by atoms with Crippen LogP contribution in [-0.4, -0.2) is 57.5 Å². The topological polar surface area (TPSA) is 92.3 Å². The summed E-state index contributed by atoms with van der Waals surface area (Å²) in [4.78, 5) is 25.7. The predicted octanol–water partition coefficient (Wildman–Crippen LogP) is 4.06. The summed E-state index contributed by atoms with van der Waals surface area (Å²) in [6.07, 6.45) is 0.608. The molecule has 4 rings (SSSR count). The lowest BCUT2D eigenvalue weighted by atomic mass is 10.0. The van der Waals surface area contributed by atoms with Crippen molar-refractivity contribution in [3.63, 3.8) is 0 Å². The number of hydrogen-bond acceptors (Lipinski definition) is 9. The number of ether oxygens (including phenoxy) is 5. The molecular formula is C24H27NO7S2. The van der Waals surface area contributed by atoms with Crippen LogP contribution in [0.3, 0.4) is 0 Å². The molecule has 1 saturated heterocycles. The van der Waals surface area contributed by atoms with Crippen LogP contribution in [0.15, 0.2) is 24.3 Å². The van der Waals surface area contributed by atoms with Gasteiger partial charge in [0.05, 0.1) is 31.0 Å². The molecule has 2 heterocycles. The van der Waals surface area contributed by atoms with Crippen molar-refractivity contribution in [1.82, 2.24) is 5.32 Å². The number of nitrogens with one attached hydrogen (secondary N) is 1. The molecule has 8 nitrogen and oxygen atoms in total. The summed E-state index contributed by atoms with van der Waals surface area (Å²) in [5, 5.41) is 2.93. The van der Waals surface area contributed by atoms with Crippen LogP contribution in [0, 0.1) is 0 Å². The van der Waals surface area contributed by atoms with Crippen molar-refractivity contribution in [1.29, 1.82) is 0 Å². The molecule has 0 aliphatic carbocycles. The van der Waals surface area contributed by atoms with Gasteiger partial charge in [0.25, 0.3) is 5.91 Å². The van der Waals surface area contributed by atoms with E-state index in [-0.39, 0.29) is 30.3 Å². The fraction of sp³-hybridized carbons (Fsp3) is 0.417. The minimum Gasteiger partial charge on any atom is -0.493 e. The van der Waals surface area contributed by atoms with Gasteiger partial charge in [0.1, 0.15) is 5.56 Å². The standard InChI is InChI=1S/C24H27NO7S2/c1-4-30-23(27)20-15(5-6-17(28-2)21(20)29-3)22(26)25-8-7-14-11-18-19(32-13-31-18)12-16(14)24-33-9-10-34-24/h5-6,11-12,24H,4,7-10,13H2,1-3H3,(H,25,26). The fourth-order valence-electron chi connectivity index (χ4n) is 3.90. The van der Waals surface area contributed by atoms with E-state index in [2.05, 4.69) is 11.4 Å². The maximum Gasteiger partial charge on any atom is 0.342 e. The Balaban J connectivity index is 1.53. The Kier molecular flexibility index (Phi) is 7.99. The van der Waals surface area contributed by atoms with Crippen molar-refractivity contribution < 1.29 is 33.3 Å². The molecule has 1 amide bonds. The first-order valence-electron chi connectivity index (χ1n) is 10.9. The number of fused-ring (bicyclic) bond motifs is 1. The summed E-state index contributed by atoms with van der Waals surface area (Å²) in [5.41, 5.74) is 2.52. The van der Waals surface area contributed by atoms with Gasteiger partial charge in [0.15, 0.2) is 23.0 Å². The van der Waals surface area contributed by atoms with Gasteiger partial charge in [0, 0.05) is 18.1 Å². The monoisotopic (exact) mass is 505 g/mol. The third-order valence-corrected chi connectivity index (χ3v) is 8.53. The average molecular weight is 506 g/mol. The van der Waals surface area contributed by atoms with Crippen molar-refractivity contribution in [3.05, 3.63) is 46.5 Å². The van der Waals surface area contributed by atoms with Gasteiger partial charge in [-0.2, -0.15) is 0 Å². The zero-order valence-corrected chi connectivity index (χ0v) is 20.9. The number of thioether (sulfide) groups is 2. The summed E-state index contributed by atoms with van der Waals surface area (Å²) in [6.45, 7) is 2.47. The van der Waals surface area contributed by atoms with Crippen molar-refractivity contribution >= 4 is 35.4 Å². The quantitative estimate of drug-likeness (QED) is 0.507. The minimum absolute atomic E-state index is 0.0451. The maximum absolute atomic E-state index is 13.1. The zero-order chi connectivity index (χ0) is 24.1. The molecule has 0 unspecified atom stereocenters. The first-order valence-corrected chi connectivity index (χ1v) is 13.0. The molecule has 10 heteroatoms. The lowest BCUT2D eigenvalue weighted by Gasteiger charge is -2.17. The predicted molar refractivity (Wildman–Crippen MR) is 132 cm³/mol. The Morgan fingerprint density at radius 3 is 2.50 bits per heavy atom. The van der Waals surface area contributed by atoms with Gasteiger partial charge < -0.3 is 29.0 Å². The van der Waals surface area contributed by atoms with Gasteiger partial charge in [-0.1, -0.05) is 0 Å². The Morgan fingerprint density at radius 2 is 1.82 bits per heavy atom. The van der Waals surface area contributed by atoms with Gasteiger partial charge in [-0.3, -0.25) is 4.79 Å². The van der Waals surface area contributed by atoms with Crippen molar-refractivity contribution in [2.75, 3.05) is 45.7 Å². The highest BCUT2D eigenvalue weighted by atomic mass is 32.2. The van der Waals surface area contributed by atoms with Gasteiger partial charge in [-0.25, -0.2) is 4.79 Å². The smallest absolute Gasteiger partial charge is 0.342 e. The average Bonchev–Trinajstić information content (AvgIpc) is 3.54. The van der Waals surface area contributed by atoms with Crippen molar-refractivity contribution in [2.45, 2.75) is 17.9 Å². The summed E-state index contributed by atoms with van der Waals surface area (Å²) < 4.78 is 27.3. The molecule has 0 saturated carbocycles. The summed E-state index contributed by atoms with van der Waals surface area (Å²) in [5.74, 6) is 3.18. The SMILES string of the molecule is CCOC(=O)c1c(C(=O)NCCc2cc3c(cc2C2SCCS2)OCO3)ccc(OC)c1OC. The van der Waals surface area contributed by atoms with Crippen molar-refractivity contribution in [2.24, 2.45) is 0 Å². The van der Waals surface area contributed by atoms with E-state index in [0.717, 1.165) is 28.6 Å². The Bertz CT molecular complexity index is 1070. The van der Waals surface area contributed by atoms with Crippen LogP contribution in [0.4, 0.5) is 0 Å². The third kappa shape index (κ3) is 5.02. The molecule has 0 bridgehead atoms. The molecule has 0 atom stereocenters. The van der Waals surface area contributed by atoms with Crippen LogP contribution in [0.2, 0.25) is 0 Å². The lowest BCUT2D eigenvalue weighted by Crippen LogP contribution is -2.28. The number of carbonyl (C=O) groups is 2. The molecular weight excluding hydrogens is 478 g/mol. The van der Waals surface area contributed by atoms with Crippen LogP contribution in [0.25, 0.3) is 0 Å². The van der Waals surface area contributed by atoms with E-state index in [9.17, 15) is 9.59 Å². The highest BCUT2D eigenvalue weighted by Gasteiger charge is 2.27.